The first-order chi connectivity index (χ1) is 12.5. The van der Waals surface area contributed by atoms with E-state index in [-0.39, 0.29) is 10.8 Å². The third-order valence-corrected chi connectivity index (χ3v) is 7.03. The Morgan fingerprint density at radius 3 is 2.50 bits per heavy atom. The van der Waals surface area contributed by atoms with E-state index in [0.29, 0.717) is 25.2 Å². The molecule has 6 nitrogen and oxygen atoms in total. The molecule has 0 radical (unpaired) electrons. The summed E-state index contributed by atoms with van der Waals surface area (Å²) in [6.45, 7) is 2.94. The van der Waals surface area contributed by atoms with Crippen LogP contribution in [0.4, 0.5) is 0 Å². The molecule has 1 aromatic carbocycles. The smallest absolute Gasteiger partial charge is 0.245 e. The number of hydrogen-bond donors (Lipinski definition) is 1. The fourth-order valence-electron chi connectivity index (χ4n) is 2.77. The first-order valence-corrected chi connectivity index (χ1v) is 10.7. The summed E-state index contributed by atoms with van der Waals surface area (Å²) in [5.74, 6) is -0.181. The van der Waals surface area contributed by atoms with Gasteiger partial charge in [-0.3, -0.25) is 4.79 Å². The number of amides is 1. The third kappa shape index (κ3) is 4.38. The van der Waals surface area contributed by atoms with Crippen LogP contribution in [0, 0.1) is 0 Å². The van der Waals surface area contributed by atoms with Crippen molar-refractivity contribution >= 4 is 33.0 Å². The van der Waals surface area contributed by atoms with Crippen molar-refractivity contribution in [2.45, 2.75) is 31.1 Å². The van der Waals surface area contributed by atoms with E-state index in [1.54, 1.807) is 31.2 Å². The lowest BCUT2D eigenvalue weighted by molar-refractivity contribution is -0.120. The van der Waals surface area contributed by atoms with E-state index < -0.39 is 10.0 Å². The van der Waals surface area contributed by atoms with Gasteiger partial charge in [-0.1, -0.05) is 18.2 Å². The molecule has 0 unspecified atom stereocenters. The highest BCUT2D eigenvalue weighted by Crippen LogP contribution is 2.21. The van der Waals surface area contributed by atoms with Crippen molar-refractivity contribution in [1.29, 1.82) is 0 Å². The summed E-state index contributed by atoms with van der Waals surface area (Å²) in [6, 6.07) is 10.4. The molecule has 138 valence electrons. The van der Waals surface area contributed by atoms with Gasteiger partial charge in [0.1, 0.15) is 0 Å². The maximum atomic E-state index is 12.5. The second-order valence-electron chi connectivity index (χ2n) is 6.12. The van der Waals surface area contributed by atoms with Crippen molar-refractivity contribution in [3.8, 4) is 0 Å². The van der Waals surface area contributed by atoms with Crippen molar-refractivity contribution in [2.24, 2.45) is 5.10 Å². The quantitative estimate of drug-likeness (QED) is 0.607. The van der Waals surface area contributed by atoms with Crippen molar-refractivity contribution in [2.75, 3.05) is 13.1 Å². The molecule has 1 aliphatic rings. The number of carbonyl (C=O) groups is 1. The Balaban J connectivity index is 1.64. The van der Waals surface area contributed by atoms with Gasteiger partial charge in [-0.05, 0) is 48.9 Å². The number of sulfonamides is 1. The third-order valence-electron chi connectivity index (χ3n) is 4.24. The number of benzene rings is 1. The van der Waals surface area contributed by atoms with Crippen LogP contribution in [0.3, 0.4) is 0 Å². The summed E-state index contributed by atoms with van der Waals surface area (Å²) in [6.07, 6.45) is 2.12. The van der Waals surface area contributed by atoms with Crippen LogP contribution in [0.25, 0.3) is 0 Å². The van der Waals surface area contributed by atoms with Gasteiger partial charge < -0.3 is 0 Å². The van der Waals surface area contributed by atoms with E-state index in [0.717, 1.165) is 23.3 Å². The molecule has 0 atom stereocenters. The maximum absolute atomic E-state index is 12.5. The van der Waals surface area contributed by atoms with Crippen LogP contribution < -0.4 is 5.43 Å². The van der Waals surface area contributed by atoms with E-state index in [1.807, 2.05) is 17.5 Å². The first-order valence-electron chi connectivity index (χ1n) is 8.43. The number of nitrogens with one attached hydrogen (secondary N) is 1. The second kappa shape index (κ2) is 8.11. The van der Waals surface area contributed by atoms with E-state index >= 15 is 0 Å². The second-order valence-corrected chi connectivity index (χ2v) is 9.09. The van der Waals surface area contributed by atoms with Crippen LogP contribution in [-0.2, 0) is 21.2 Å². The van der Waals surface area contributed by atoms with Crippen LogP contribution in [-0.4, -0.2) is 37.4 Å². The number of carbonyl (C=O) groups excluding carboxylic acids is 1. The summed E-state index contributed by atoms with van der Waals surface area (Å²) in [4.78, 5) is 13.2. The number of rotatable bonds is 6. The number of thiophene rings is 1. The minimum absolute atomic E-state index is 0.181. The molecule has 0 aliphatic carbocycles. The summed E-state index contributed by atoms with van der Waals surface area (Å²) in [5, 5.41) is 6.03. The largest absolute Gasteiger partial charge is 0.273 e. The van der Waals surface area contributed by atoms with E-state index in [9.17, 15) is 13.2 Å². The van der Waals surface area contributed by atoms with E-state index in [4.69, 9.17) is 0 Å². The van der Waals surface area contributed by atoms with Crippen molar-refractivity contribution < 1.29 is 13.2 Å². The molecular weight excluding hydrogens is 370 g/mol. The van der Waals surface area contributed by atoms with Crippen LogP contribution in [0.15, 0.2) is 51.8 Å². The highest BCUT2D eigenvalue weighted by atomic mass is 32.2. The minimum Gasteiger partial charge on any atom is -0.273 e. The molecule has 8 heteroatoms. The molecule has 2 aromatic rings. The van der Waals surface area contributed by atoms with Crippen molar-refractivity contribution in [1.82, 2.24) is 9.73 Å². The zero-order valence-electron chi connectivity index (χ0n) is 14.5. The Bertz CT molecular complexity index is 882. The number of nitrogens with zero attached hydrogens (tertiary/aromatic N) is 2. The lowest BCUT2D eigenvalue weighted by Gasteiger charge is -2.15. The Morgan fingerprint density at radius 1 is 1.19 bits per heavy atom. The fourth-order valence-corrected chi connectivity index (χ4v) is 4.99. The minimum atomic E-state index is -3.41. The van der Waals surface area contributed by atoms with E-state index in [2.05, 4.69) is 10.5 Å². The van der Waals surface area contributed by atoms with Gasteiger partial charge in [0.05, 0.1) is 17.0 Å². The van der Waals surface area contributed by atoms with Gasteiger partial charge in [-0.2, -0.15) is 9.41 Å². The van der Waals surface area contributed by atoms with Gasteiger partial charge in [0.2, 0.25) is 15.9 Å². The predicted molar refractivity (Wildman–Crippen MR) is 103 cm³/mol. The zero-order chi connectivity index (χ0) is 18.6. The Hall–Kier alpha value is -2.03. The molecule has 1 amide bonds. The fraction of sp³-hybridized carbons (Fsp3) is 0.333. The van der Waals surface area contributed by atoms with Crippen LogP contribution >= 0.6 is 11.3 Å². The first kappa shape index (κ1) is 18.8. The molecule has 26 heavy (non-hydrogen) atoms. The molecule has 3 rings (SSSR count). The molecule has 1 N–H and O–H groups in total. The van der Waals surface area contributed by atoms with E-state index in [1.165, 1.54) is 15.6 Å². The molecule has 1 aliphatic heterocycles. The molecule has 1 fully saturated rings. The average Bonchev–Trinajstić information content (AvgIpc) is 3.34. The monoisotopic (exact) mass is 391 g/mol. The Kier molecular flexibility index (Phi) is 5.85. The highest BCUT2D eigenvalue weighted by molar-refractivity contribution is 7.89. The van der Waals surface area contributed by atoms with Gasteiger partial charge >= 0.3 is 0 Å². The normalized spacial score (nSPS) is 16.0. The molecule has 0 spiro atoms. The van der Waals surface area contributed by atoms with Crippen LogP contribution in [0.5, 0.6) is 0 Å². The molecule has 1 aromatic heterocycles. The summed E-state index contributed by atoms with van der Waals surface area (Å²) < 4.78 is 26.6. The van der Waals surface area contributed by atoms with Gasteiger partial charge in [0.25, 0.3) is 0 Å². The predicted octanol–water partition coefficient (Wildman–Crippen LogP) is 2.62. The van der Waals surface area contributed by atoms with Gasteiger partial charge in [-0.25, -0.2) is 13.8 Å². The molecule has 1 saturated heterocycles. The maximum Gasteiger partial charge on any atom is 0.245 e. The van der Waals surface area contributed by atoms with Gasteiger partial charge in [0, 0.05) is 18.0 Å². The molecular formula is C18H21N3O3S2. The number of hydrogen-bond acceptors (Lipinski definition) is 5. The van der Waals surface area contributed by atoms with Crippen LogP contribution in [0.2, 0.25) is 0 Å². The SMILES string of the molecule is CC(=NNC(=O)Cc1cccs1)c1ccc(S(=O)(=O)N2CCCC2)cc1. The zero-order valence-corrected chi connectivity index (χ0v) is 16.1. The lowest BCUT2D eigenvalue weighted by Crippen LogP contribution is -2.27. The highest BCUT2D eigenvalue weighted by Gasteiger charge is 2.26. The van der Waals surface area contributed by atoms with Crippen molar-refractivity contribution in [3.63, 3.8) is 0 Å². The van der Waals surface area contributed by atoms with Gasteiger partial charge in [-0.15, -0.1) is 11.3 Å². The summed E-state index contributed by atoms with van der Waals surface area (Å²) in [7, 11) is -3.41. The topological polar surface area (TPSA) is 78.8 Å². The Labute approximate surface area is 157 Å². The van der Waals surface area contributed by atoms with Gasteiger partial charge in [0.15, 0.2) is 0 Å². The molecule has 2 heterocycles. The summed E-state index contributed by atoms with van der Waals surface area (Å²) >= 11 is 1.53. The average molecular weight is 392 g/mol. The standard InChI is InChI=1S/C18H21N3O3S2/c1-14(19-20-18(22)13-16-5-4-12-25-16)15-6-8-17(9-7-15)26(23,24)21-10-2-3-11-21/h4-9,12H,2-3,10-11,13H2,1H3,(H,20,22). The van der Waals surface area contributed by atoms with Crippen molar-refractivity contribution in [3.05, 3.63) is 52.2 Å². The molecule has 0 bridgehead atoms. The molecule has 0 saturated carbocycles. The van der Waals surface area contributed by atoms with Crippen LogP contribution in [0.1, 0.15) is 30.2 Å². The summed E-state index contributed by atoms with van der Waals surface area (Å²) in [5.41, 5.74) is 3.92. The number of hydrazone groups is 1. The lowest BCUT2D eigenvalue weighted by atomic mass is 10.1. The Morgan fingerprint density at radius 2 is 1.88 bits per heavy atom.